The first-order valence-corrected chi connectivity index (χ1v) is 3.84. The molecule has 0 aliphatic carbocycles. The second-order valence-electron chi connectivity index (χ2n) is 2.43. The Hall–Kier alpha value is 2.28. The van der Waals surface area contributed by atoms with Gasteiger partial charge in [-0.15, -0.1) is 0 Å². The molecule has 0 unspecified atom stereocenters. The molecule has 0 atom stereocenters. The summed E-state index contributed by atoms with van der Waals surface area (Å²) in [4.78, 5) is 41.9. The van der Waals surface area contributed by atoms with E-state index in [1.165, 1.54) is 0 Å². The molecule has 0 saturated heterocycles. The summed E-state index contributed by atoms with van der Waals surface area (Å²) in [5.41, 5.74) is 0. The third kappa shape index (κ3) is 23.4. The number of hydrogen-bond donors (Lipinski definition) is 0. The van der Waals surface area contributed by atoms with Crippen molar-refractivity contribution in [3.63, 3.8) is 0 Å². The molecule has 0 bridgehead atoms. The molecule has 10 heteroatoms. The van der Waals surface area contributed by atoms with Gasteiger partial charge in [0.15, 0.2) is 0 Å². The molecular weight excluding hydrogens is 284 g/mol. The maximum atomic E-state index is 10.7. The van der Waals surface area contributed by atoms with Gasteiger partial charge in [-0.1, -0.05) is 0 Å². The van der Waals surface area contributed by atoms with Crippen molar-refractivity contribution >= 4 is 142 Å². The van der Waals surface area contributed by atoms with Gasteiger partial charge in [0, 0.05) is 13.8 Å². The fourth-order valence-electron chi connectivity index (χ4n) is 0.627. The molecule has 0 N–H and O–H groups in total. The Labute approximate surface area is 194 Å². The first-order chi connectivity index (χ1) is 6.41. The molecule has 18 heavy (non-hydrogen) atoms. The maximum absolute atomic E-state index is 10.7. The third-order valence-electron chi connectivity index (χ3n) is 1.05. The fourth-order valence-corrected chi connectivity index (χ4v) is 0.627. The monoisotopic (exact) mass is 298 g/mol. The van der Waals surface area contributed by atoms with Crippen molar-refractivity contribution in [2.24, 2.45) is 0 Å². The van der Waals surface area contributed by atoms with Crippen molar-refractivity contribution < 1.29 is 28.7 Å². The van der Waals surface area contributed by atoms with Crippen molar-refractivity contribution in [1.29, 1.82) is 0 Å². The molecule has 6 nitrogen and oxygen atoms in total. The van der Waals surface area contributed by atoms with Gasteiger partial charge in [-0.2, -0.15) is 0 Å². The molecule has 0 aromatic carbocycles. The van der Waals surface area contributed by atoms with Crippen LogP contribution in [0, 0.1) is 0 Å². The predicted molar refractivity (Wildman–Crippen MR) is 71.4 cm³/mol. The minimum absolute atomic E-state index is 0. The van der Waals surface area contributed by atoms with Crippen LogP contribution in [0.1, 0.15) is 26.7 Å². The topological polar surface area (TPSA) is 86.7 Å². The number of rotatable bonds is 3. The average molecular weight is 298 g/mol. The Kier molecular flexibility index (Phi) is 34.6. The summed E-state index contributed by atoms with van der Waals surface area (Å²) in [7, 11) is 0. The number of esters is 4. The Balaban J connectivity index is -0.000000141. The molecule has 0 saturated carbocycles. The van der Waals surface area contributed by atoms with Gasteiger partial charge in [-0.25, -0.2) is 0 Å². The van der Waals surface area contributed by atoms with E-state index in [0.717, 1.165) is 13.8 Å². The van der Waals surface area contributed by atoms with Gasteiger partial charge in [-0.3, -0.25) is 19.2 Å². The van der Waals surface area contributed by atoms with E-state index in [1.807, 2.05) is 0 Å². The van der Waals surface area contributed by atoms with E-state index in [-0.39, 0.29) is 131 Å². The van der Waals surface area contributed by atoms with Crippen LogP contribution in [0.4, 0.5) is 0 Å². The van der Waals surface area contributed by atoms with Crippen molar-refractivity contribution in [3.05, 3.63) is 0 Å². The van der Waals surface area contributed by atoms with Gasteiger partial charge in [0.25, 0.3) is 0 Å². The molecule has 0 fully saturated rings. The molecule has 0 aliphatic rings. The fraction of sp³-hybridized carbons (Fsp3) is 0.500. The average Bonchev–Trinajstić information content (AvgIpc) is 1.98. The summed E-state index contributed by atoms with van der Waals surface area (Å²) in [5.74, 6) is -3.12. The Morgan fingerprint density at radius 3 is 1.06 bits per heavy atom. The summed E-state index contributed by atoms with van der Waals surface area (Å²) >= 11 is 0. The Morgan fingerprint density at radius 2 is 0.889 bits per heavy atom. The van der Waals surface area contributed by atoms with E-state index in [9.17, 15) is 19.2 Å². The van der Waals surface area contributed by atoms with Crippen molar-refractivity contribution in [2.75, 3.05) is 0 Å². The number of carbonyl (C=O) groups is 4. The van der Waals surface area contributed by atoms with E-state index in [0.29, 0.717) is 0 Å². The van der Waals surface area contributed by atoms with Crippen molar-refractivity contribution in [1.82, 2.24) is 0 Å². The standard InChI is InChI=1S/C8H10O6.4Na.4H/c1-5(9)13-7(11)3-4-8(12)14-6(2)10;;;;;;;;/h3-4H2,1-2H3;;;;;;;;. The van der Waals surface area contributed by atoms with Gasteiger partial charge in [0.1, 0.15) is 0 Å². The summed E-state index contributed by atoms with van der Waals surface area (Å²) in [6.07, 6.45) is -0.572. The molecule has 0 aliphatic heterocycles. The molecule has 0 aromatic rings. The zero-order valence-corrected chi connectivity index (χ0v) is 7.86. The molecule has 0 heterocycles. The van der Waals surface area contributed by atoms with Gasteiger partial charge < -0.3 is 9.47 Å². The SMILES string of the molecule is CC(=O)OC(=O)CCC(=O)OC(C)=O.[NaH].[NaH].[NaH].[NaH]. The molecule has 0 aromatic heterocycles. The number of ether oxygens (including phenoxy) is 2. The van der Waals surface area contributed by atoms with Crippen LogP contribution in [0.3, 0.4) is 0 Å². The van der Waals surface area contributed by atoms with Crippen molar-refractivity contribution in [3.8, 4) is 0 Å². The van der Waals surface area contributed by atoms with Crippen LogP contribution in [0.2, 0.25) is 0 Å². The van der Waals surface area contributed by atoms with Crippen LogP contribution in [-0.4, -0.2) is 142 Å². The third-order valence-corrected chi connectivity index (χ3v) is 1.05. The summed E-state index contributed by atoms with van der Waals surface area (Å²) < 4.78 is 8.27. The predicted octanol–water partition coefficient (Wildman–Crippen LogP) is -2.65. The van der Waals surface area contributed by atoms with Crippen LogP contribution in [0.5, 0.6) is 0 Å². The first-order valence-electron chi connectivity index (χ1n) is 3.84. The van der Waals surface area contributed by atoms with Crippen LogP contribution < -0.4 is 0 Å². The van der Waals surface area contributed by atoms with E-state index in [2.05, 4.69) is 9.47 Å². The van der Waals surface area contributed by atoms with Crippen molar-refractivity contribution in [2.45, 2.75) is 26.7 Å². The molecular formula is C8H14Na4O6. The zero-order valence-electron chi connectivity index (χ0n) is 7.86. The van der Waals surface area contributed by atoms with E-state index >= 15 is 0 Å². The number of carbonyl (C=O) groups excluding carboxylic acids is 4. The summed E-state index contributed by atoms with van der Waals surface area (Å²) in [6.45, 7) is 2.15. The second-order valence-corrected chi connectivity index (χ2v) is 2.43. The van der Waals surface area contributed by atoms with E-state index in [4.69, 9.17) is 0 Å². The number of hydrogen-bond acceptors (Lipinski definition) is 6. The molecule has 86 valence electrons. The normalized spacial score (nSPS) is 7.00. The first kappa shape index (κ1) is 32.3. The Bertz CT molecular complexity index is 253. The van der Waals surface area contributed by atoms with Crippen LogP contribution in [-0.2, 0) is 28.7 Å². The molecule has 0 spiro atoms. The van der Waals surface area contributed by atoms with Gasteiger partial charge in [-0.05, 0) is 0 Å². The zero-order chi connectivity index (χ0) is 11.1. The molecule has 0 amide bonds. The van der Waals surface area contributed by atoms with Crippen LogP contribution in [0.25, 0.3) is 0 Å². The van der Waals surface area contributed by atoms with Gasteiger partial charge in [0.2, 0.25) is 0 Å². The van der Waals surface area contributed by atoms with Crippen LogP contribution >= 0.6 is 0 Å². The van der Waals surface area contributed by atoms with E-state index < -0.39 is 23.9 Å². The molecule has 0 rings (SSSR count). The van der Waals surface area contributed by atoms with Gasteiger partial charge >= 0.3 is 142 Å². The quantitative estimate of drug-likeness (QED) is 0.321. The molecule has 0 radical (unpaired) electrons. The summed E-state index contributed by atoms with van der Waals surface area (Å²) in [5, 5.41) is 0. The summed E-state index contributed by atoms with van der Waals surface area (Å²) in [6, 6.07) is 0. The Morgan fingerprint density at radius 1 is 0.667 bits per heavy atom. The van der Waals surface area contributed by atoms with Gasteiger partial charge in [0.05, 0.1) is 12.8 Å². The minimum atomic E-state index is -0.821. The van der Waals surface area contributed by atoms with E-state index in [1.54, 1.807) is 0 Å². The second kappa shape index (κ2) is 19.3. The van der Waals surface area contributed by atoms with Crippen LogP contribution in [0.15, 0.2) is 0 Å².